The first-order valence-corrected chi connectivity index (χ1v) is 7.97. The number of anilines is 1. The van der Waals surface area contributed by atoms with Gasteiger partial charge >= 0.3 is 0 Å². The molecule has 0 fully saturated rings. The zero-order valence-corrected chi connectivity index (χ0v) is 13.7. The molecule has 1 amide bonds. The zero-order valence-electron chi connectivity index (χ0n) is 13.0. The number of hydrogen-bond donors (Lipinski definition) is 1. The van der Waals surface area contributed by atoms with Gasteiger partial charge in [0.25, 0.3) is 5.91 Å². The second kappa shape index (κ2) is 6.45. The molecule has 126 valence electrons. The van der Waals surface area contributed by atoms with E-state index in [9.17, 15) is 4.79 Å². The van der Waals surface area contributed by atoms with Gasteiger partial charge in [0.1, 0.15) is 13.2 Å². The molecule has 0 bridgehead atoms. The van der Waals surface area contributed by atoms with Crippen LogP contribution in [0.3, 0.4) is 0 Å². The van der Waals surface area contributed by atoms with Crippen LogP contribution in [0.4, 0.5) is 5.69 Å². The molecule has 0 aliphatic carbocycles. The van der Waals surface area contributed by atoms with Gasteiger partial charge in [-0.25, -0.2) is 0 Å². The molecule has 0 atom stereocenters. The second-order valence-corrected chi connectivity index (χ2v) is 5.69. The van der Waals surface area contributed by atoms with E-state index in [1.807, 2.05) is 30.3 Å². The number of carbonyl (C=O) groups excluding carboxylic acids is 1. The topological polar surface area (TPSA) is 78.3 Å². The molecule has 2 heterocycles. The van der Waals surface area contributed by atoms with Gasteiger partial charge < -0.3 is 14.8 Å². The predicted molar refractivity (Wildman–Crippen MR) is 91.8 cm³/mol. The standard InChI is InChI=1S/C17H13ClN4O3/c18-12-8-15-16(25-7-6-24-15)9-13(12)20-17(23)14-10-19-22(21-14)11-4-2-1-3-5-11/h1-5,8-10H,6-7H2,(H,20,23). The maximum Gasteiger partial charge on any atom is 0.277 e. The third kappa shape index (κ3) is 3.14. The van der Waals surface area contributed by atoms with E-state index in [2.05, 4.69) is 15.5 Å². The fourth-order valence-electron chi connectivity index (χ4n) is 2.40. The van der Waals surface area contributed by atoms with Crippen molar-refractivity contribution in [2.24, 2.45) is 0 Å². The summed E-state index contributed by atoms with van der Waals surface area (Å²) in [4.78, 5) is 13.8. The van der Waals surface area contributed by atoms with Crippen molar-refractivity contribution in [3.63, 3.8) is 0 Å². The lowest BCUT2D eigenvalue weighted by Gasteiger charge is -2.19. The van der Waals surface area contributed by atoms with E-state index in [1.54, 1.807) is 12.1 Å². The molecule has 8 heteroatoms. The van der Waals surface area contributed by atoms with Gasteiger partial charge in [0.15, 0.2) is 17.2 Å². The SMILES string of the molecule is O=C(Nc1cc2c(cc1Cl)OCCO2)c1cnn(-c2ccccc2)n1. The van der Waals surface area contributed by atoms with Crippen molar-refractivity contribution in [1.82, 2.24) is 15.0 Å². The average molecular weight is 357 g/mol. The van der Waals surface area contributed by atoms with Crippen LogP contribution in [0, 0.1) is 0 Å². The molecule has 0 spiro atoms. The summed E-state index contributed by atoms with van der Waals surface area (Å²) >= 11 is 6.20. The smallest absolute Gasteiger partial charge is 0.277 e. The second-order valence-electron chi connectivity index (χ2n) is 5.28. The Bertz CT molecular complexity index is 927. The Balaban J connectivity index is 1.56. The van der Waals surface area contributed by atoms with Crippen LogP contribution in [0.2, 0.25) is 5.02 Å². The number of nitrogens with one attached hydrogen (secondary N) is 1. The van der Waals surface area contributed by atoms with E-state index in [-0.39, 0.29) is 5.69 Å². The van der Waals surface area contributed by atoms with E-state index >= 15 is 0 Å². The lowest BCUT2D eigenvalue weighted by atomic mass is 10.2. The summed E-state index contributed by atoms with van der Waals surface area (Å²) in [6, 6.07) is 12.6. The number of aromatic nitrogens is 3. The molecule has 0 radical (unpaired) electrons. The summed E-state index contributed by atoms with van der Waals surface area (Å²) in [5, 5.41) is 11.4. The summed E-state index contributed by atoms with van der Waals surface area (Å²) in [6.07, 6.45) is 1.40. The van der Waals surface area contributed by atoms with Crippen molar-refractivity contribution in [3.8, 4) is 17.2 Å². The zero-order chi connectivity index (χ0) is 17.2. The fraction of sp³-hybridized carbons (Fsp3) is 0.118. The number of para-hydroxylation sites is 1. The number of halogens is 1. The summed E-state index contributed by atoms with van der Waals surface area (Å²) in [5.74, 6) is 0.684. The van der Waals surface area contributed by atoms with E-state index in [1.165, 1.54) is 11.0 Å². The third-order valence-corrected chi connectivity index (χ3v) is 3.90. The van der Waals surface area contributed by atoms with Crippen molar-refractivity contribution in [2.75, 3.05) is 18.5 Å². The monoisotopic (exact) mass is 356 g/mol. The highest BCUT2D eigenvalue weighted by atomic mass is 35.5. The number of carbonyl (C=O) groups is 1. The van der Waals surface area contributed by atoms with Gasteiger partial charge in [-0.1, -0.05) is 29.8 Å². The van der Waals surface area contributed by atoms with Crippen LogP contribution in [0.15, 0.2) is 48.7 Å². The molecule has 1 aliphatic heterocycles. The highest BCUT2D eigenvalue weighted by Crippen LogP contribution is 2.38. The molecule has 1 aliphatic rings. The van der Waals surface area contributed by atoms with Crippen molar-refractivity contribution >= 4 is 23.2 Å². The molecule has 0 saturated carbocycles. The normalized spacial score (nSPS) is 12.7. The summed E-state index contributed by atoms with van der Waals surface area (Å²) < 4.78 is 11.0. The van der Waals surface area contributed by atoms with Gasteiger partial charge in [-0.2, -0.15) is 9.90 Å². The number of ether oxygens (including phenoxy) is 2. The molecular weight excluding hydrogens is 344 g/mol. The first kappa shape index (κ1) is 15.5. The van der Waals surface area contributed by atoms with Crippen LogP contribution < -0.4 is 14.8 Å². The maximum atomic E-state index is 12.4. The predicted octanol–water partition coefficient (Wildman–Crippen LogP) is 2.94. The molecule has 1 N–H and O–H groups in total. The number of hydrogen-bond acceptors (Lipinski definition) is 5. The van der Waals surface area contributed by atoms with Crippen LogP contribution in [-0.2, 0) is 0 Å². The lowest BCUT2D eigenvalue weighted by molar-refractivity contribution is 0.102. The van der Waals surface area contributed by atoms with Gasteiger partial charge in [-0.05, 0) is 12.1 Å². The number of fused-ring (bicyclic) bond motifs is 1. The number of amides is 1. The van der Waals surface area contributed by atoms with Crippen LogP contribution in [-0.4, -0.2) is 34.1 Å². The highest BCUT2D eigenvalue weighted by Gasteiger charge is 2.18. The van der Waals surface area contributed by atoms with Crippen LogP contribution in [0.5, 0.6) is 11.5 Å². The van der Waals surface area contributed by atoms with Crippen LogP contribution in [0.25, 0.3) is 5.69 Å². The molecule has 4 rings (SSSR count). The molecular formula is C17H13ClN4O3. The molecule has 0 saturated heterocycles. The molecule has 1 aromatic heterocycles. The summed E-state index contributed by atoms with van der Waals surface area (Å²) in [6.45, 7) is 0.922. The van der Waals surface area contributed by atoms with Gasteiger partial charge in [0.2, 0.25) is 0 Å². The van der Waals surface area contributed by atoms with Crippen molar-refractivity contribution in [2.45, 2.75) is 0 Å². The van der Waals surface area contributed by atoms with Crippen molar-refractivity contribution in [3.05, 3.63) is 59.4 Å². The molecule has 0 unspecified atom stereocenters. The molecule has 25 heavy (non-hydrogen) atoms. The third-order valence-electron chi connectivity index (χ3n) is 3.59. The Morgan fingerprint density at radius 1 is 1.12 bits per heavy atom. The van der Waals surface area contributed by atoms with E-state index < -0.39 is 5.91 Å². The van der Waals surface area contributed by atoms with Crippen molar-refractivity contribution < 1.29 is 14.3 Å². The van der Waals surface area contributed by atoms with Gasteiger partial charge in [0, 0.05) is 12.1 Å². The Morgan fingerprint density at radius 2 is 1.84 bits per heavy atom. The average Bonchev–Trinajstić information content (AvgIpc) is 3.13. The molecule has 7 nitrogen and oxygen atoms in total. The minimum Gasteiger partial charge on any atom is -0.486 e. The van der Waals surface area contributed by atoms with E-state index in [4.69, 9.17) is 21.1 Å². The van der Waals surface area contributed by atoms with Crippen LogP contribution in [0.1, 0.15) is 10.5 Å². The minimum absolute atomic E-state index is 0.176. The summed E-state index contributed by atoms with van der Waals surface area (Å²) in [7, 11) is 0. The first-order valence-electron chi connectivity index (χ1n) is 7.59. The van der Waals surface area contributed by atoms with E-state index in [0.717, 1.165) is 5.69 Å². The van der Waals surface area contributed by atoms with E-state index in [0.29, 0.717) is 35.4 Å². The van der Waals surface area contributed by atoms with Crippen LogP contribution >= 0.6 is 11.6 Å². The quantitative estimate of drug-likeness (QED) is 0.780. The van der Waals surface area contributed by atoms with Gasteiger partial charge in [-0.3, -0.25) is 4.79 Å². The molecule has 3 aromatic rings. The maximum absolute atomic E-state index is 12.4. The number of nitrogens with zero attached hydrogens (tertiary/aromatic N) is 3. The highest BCUT2D eigenvalue weighted by molar-refractivity contribution is 6.34. The largest absolute Gasteiger partial charge is 0.486 e. The van der Waals surface area contributed by atoms with Gasteiger partial charge in [-0.15, -0.1) is 5.10 Å². The molecule has 2 aromatic carbocycles. The first-order chi connectivity index (χ1) is 12.2. The minimum atomic E-state index is -0.416. The number of rotatable bonds is 3. The Kier molecular flexibility index (Phi) is 3.99. The Morgan fingerprint density at radius 3 is 2.60 bits per heavy atom. The van der Waals surface area contributed by atoms with Gasteiger partial charge in [0.05, 0.1) is 22.6 Å². The van der Waals surface area contributed by atoms with Crippen molar-refractivity contribution in [1.29, 1.82) is 0 Å². The number of benzene rings is 2. The fourth-order valence-corrected chi connectivity index (χ4v) is 2.60. The lowest BCUT2D eigenvalue weighted by Crippen LogP contribution is -2.17. The Labute approximate surface area is 148 Å². The Hall–Kier alpha value is -3.06. The summed E-state index contributed by atoms with van der Waals surface area (Å²) in [5.41, 5.74) is 1.36.